The van der Waals surface area contributed by atoms with Crippen LogP contribution in [0.4, 0.5) is 0 Å². The molecule has 25 heavy (non-hydrogen) atoms. The lowest BCUT2D eigenvalue weighted by molar-refractivity contribution is -0.0981. The highest BCUT2D eigenvalue weighted by atomic mass is 32.2. The Labute approximate surface area is 147 Å². The first-order chi connectivity index (χ1) is 11.7. The van der Waals surface area contributed by atoms with E-state index in [0.717, 1.165) is 0 Å². The highest BCUT2D eigenvalue weighted by Gasteiger charge is 2.65. The number of carbonyl (C=O) groups excluding carboxylic acids is 1. The summed E-state index contributed by atoms with van der Waals surface area (Å²) in [7, 11) is -3.40. The molecule has 1 spiro atoms. The van der Waals surface area contributed by atoms with Gasteiger partial charge in [-0.15, -0.1) is 0 Å². The van der Waals surface area contributed by atoms with Crippen LogP contribution in [0.2, 0.25) is 0 Å². The summed E-state index contributed by atoms with van der Waals surface area (Å²) in [4.78, 5) is 14.4. The van der Waals surface area contributed by atoms with Crippen LogP contribution in [0, 0.1) is 12.8 Å². The van der Waals surface area contributed by atoms with E-state index in [2.05, 4.69) is 5.16 Å². The van der Waals surface area contributed by atoms with Gasteiger partial charge in [0.25, 0.3) is 5.91 Å². The predicted molar refractivity (Wildman–Crippen MR) is 88.5 cm³/mol. The molecule has 9 heteroatoms. The Morgan fingerprint density at radius 1 is 1.44 bits per heavy atom. The summed E-state index contributed by atoms with van der Waals surface area (Å²) in [5.74, 6) is 0.576. The lowest BCUT2D eigenvalue weighted by Crippen LogP contribution is -2.56. The fraction of sp³-hybridized carbons (Fsp3) is 0.750. The number of aromatic nitrogens is 1. The third kappa shape index (κ3) is 2.60. The van der Waals surface area contributed by atoms with E-state index in [9.17, 15) is 13.2 Å². The lowest BCUT2D eigenvalue weighted by atomic mass is 9.99. The van der Waals surface area contributed by atoms with Crippen molar-refractivity contribution < 1.29 is 22.5 Å². The number of hydrogen-bond donors (Lipinski definition) is 0. The molecule has 138 valence electrons. The van der Waals surface area contributed by atoms with Gasteiger partial charge in [-0.25, -0.2) is 8.42 Å². The van der Waals surface area contributed by atoms with Crippen LogP contribution in [0.5, 0.6) is 0 Å². The van der Waals surface area contributed by atoms with Crippen LogP contribution < -0.4 is 0 Å². The van der Waals surface area contributed by atoms with Gasteiger partial charge in [-0.3, -0.25) is 4.79 Å². The van der Waals surface area contributed by atoms with Crippen molar-refractivity contribution in [1.82, 2.24) is 14.4 Å². The maximum atomic E-state index is 12.9. The number of amides is 1. The van der Waals surface area contributed by atoms with E-state index >= 15 is 0 Å². The number of morpholine rings is 1. The zero-order chi connectivity index (χ0) is 18.0. The molecule has 1 amide bonds. The van der Waals surface area contributed by atoms with Crippen LogP contribution in [-0.4, -0.2) is 71.8 Å². The molecule has 0 unspecified atom stereocenters. The minimum Gasteiger partial charge on any atom is -0.365 e. The summed E-state index contributed by atoms with van der Waals surface area (Å²) in [6, 6.07) is 1.60. The Bertz CT molecular complexity index is 804. The number of hydrogen-bond acceptors (Lipinski definition) is 6. The molecule has 3 aliphatic rings. The van der Waals surface area contributed by atoms with Gasteiger partial charge in [-0.2, -0.15) is 4.31 Å². The first-order valence-electron chi connectivity index (χ1n) is 8.61. The normalized spacial score (nSPS) is 33.8. The molecular formula is C16H23N3O5S. The van der Waals surface area contributed by atoms with Gasteiger partial charge in [0.1, 0.15) is 16.6 Å². The Hall–Kier alpha value is -1.45. The van der Waals surface area contributed by atoms with Gasteiger partial charge >= 0.3 is 0 Å². The standard InChI is InChI=1S/C16H23N3O5S/c1-10(2)6-19-9-16-8-18(15(20)13-4-11(3)24-17-13)7-12(23-16)5-14(16)25(19,21)22/h4,10,12,14H,5-9H2,1-3H3/t12-,14+,16+/m1/s1. The average molecular weight is 369 g/mol. The first-order valence-corrected chi connectivity index (χ1v) is 10.1. The molecule has 4 rings (SSSR count). The molecule has 1 aromatic rings. The molecule has 0 N–H and O–H groups in total. The van der Waals surface area contributed by atoms with Gasteiger partial charge < -0.3 is 14.2 Å². The van der Waals surface area contributed by atoms with Gasteiger partial charge in [0.2, 0.25) is 10.0 Å². The lowest BCUT2D eigenvalue weighted by Gasteiger charge is -2.39. The third-order valence-corrected chi connectivity index (χ3v) is 7.55. The molecule has 3 atom stereocenters. The number of rotatable bonds is 3. The van der Waals surface area contributed by atoms with Crippen molar-refractivity contribution in [2.45, 2.75) is 44.1 Å². The van der Waals surface area contributed by atoms with Gasteiger partial charge in [-0.1, -0.05) is 19.0 Å². The fourth-order valence-electron chi connectivity index (χ4n) is 4.30. The van der Waals surface area contributed by atoms with E-state index in [1.165, 1.54) is 4.31 Å². The summed E-state index contributed by atoms with van der Waals surface area (Å²) >= 11 is 0. The number of likely N-dealkylation sites (tertiary alicyclic amines) is 1. The number of sulfonamides is 1. The predicted octanol–water partition coefficient (Wildman–Crippen LogP) is 0.637. The third-order valence-electron chi connectivity index (χ3n) is 5.21. The topological polar surface area (TPSA) is 93.0 Å². The van der Waals surface area contributed by atoms with Crippen molar-refractivity contribution >= 4 is 15.9 Å². The van der Waals surface area contributed by atoms with E-state index in [4.69, 9.17) is 9.26 Å². The quantitative estimate of drug-likeness (QED) is 0.776. The Kier molecular flexibility index (Phi) is 3.75. The molecule has 0 aromatic carbocycles. The summed E-state index contributed by atoms with van der Waals surface area (Å²) in [5, 5.41) is 3.22. The van der Waals surface area contributed by atoms with Crippen molar-refractivity contribution in [2.24, 2.45) is 5.92 Å². The molecule has 4 heterocycles. The monoisotopic (exact) mass is 369 g/mol. The molecule has 2 bridgehead atoms. The zero-order valence-corrected chi connectivity index (χ0v) is 15.5. The Morgan fingerprint density at radius 2 is 2.20 bits per heavy atom. The Morgan fingerprint density at radius 3 is 2.84 bits per heavy atom. The van der Waals surface area contributed by atoms with Gasteiger partial charge in [-0.05, 0) is 19.3 Å². The number of aryl methyl sites for hydroxylation is 1. The van der Waals surface area contributed by atoms with Crippen molar-refractivity contribution in [3.8, 4) is 0 Å². The average Bonchev–Trinajstić information content (AvgIpc) is 3.11. The Balaban J connectivity index is 1.61. The van der Waals surface area contributed by atoms with E-state index in [-0.39, 0.29) is 30.2 Å². The van der Waals surface area contributed by atoms with E-state index < -0.39 is 20.9 Å². The highest BCUT2D eigenvalue weighted by Crippen LogP contribution is 2.46. The van der Waals surface area contributed by atoms with Gasteiger partial charge in [0.15, 0.2) is 5.69 Å². The molecule has 0 aliphatic carbocycles. The molecule has 8 nitrogen and oxygen atoms in total. The summed E-state index contributed by atoms with van der Waals surface area (Å²) in [5.41, 5.74) is -0.572. The zero-order valence-electron chi connectivity index (χ0n) is 14.6. The van der Waals surface area contributed by atoms with Crippen molar-refractivity contribution in [3.05, 3.63) is 17.5 Å². The summed E-state index contributed by atoms with van der Waals surface area (Å²) < 4.78 is 38.5. The molecule has 3 saturated heterocycles. The highest BCUT2D eigenvalue weighted by molar-refractivity contribution is 7.90. The molecule has 3 fully saturated rings. The largest absolute Gasteiger partial charge is 0.365 e. The van der Waals surface area contributed by atoms with E-state index in [1.54, 1.807) is 17.9 Å². The van der Waals surface area contributed by atoms with Crippen LogP contribution in [0.15, 0.2) is 10.6 Å². The van der Waals surface area contributed by atoms with Crippen molar-refractivity contribution in [2.75, 3.05) is 26.2 Å². The molecule has 3 aliphatic heterocycles. The number of fused-ring (bicyclic) bond motifs is 1. The minimum atomic E-state index is -3.40. The van der Waals surface area contributed by atoms with Crippen molar-refractivity contribution in [3.63, 3.8) is 0 Å². The van der Waals surface area contributed by atoms with Gasteiger partial charge in [0.05, 0.1) is 12.6 Å². The van der Waals surface area contributed by atoms with Crippen LogP contribution in [0.25, 0.3) is 0 Å². The van der Waals surface area contributed by atoms with E-state index in [1.807, 2.05) is 13.8 Å². The first kappa shape index (κ1) is 17.0. The fourth-order valence-corrected chi connectivity index (χ4v) is 6.77. The summed E-state index contributed by atoms with van der Waals surface area (Å²) in [6.07, 6.45) is 0.199. The number of ether oxygens (including phenoxy) is 1. The van der Waals surface area contributed by atoms with Crippen LogP contribution in [0.1, 0.15) is 36.5 Å². The van der Waals surface area contributed by atoms with E-state index in [0.29, 0.717) is 31.8 Å². The van der Waals surface area contributed by atoms with Gasteiger partial charge in [0, 0.05) is 25.7 Å². The molecule has 0 saturated carbocycles. The number of nitrogens with zero attached hydrogens (tertiary/aromatic N) is 3. The van der Waals surface area contributed by atoms with Crippen molar-refractivity contribution in [1.29, 1.82) is 0 Å². The molecular weight excluding hydrogens is 346 g/mol. The molecule has 0 radical (unpaired) electrons. The second kappa shape index (κ2) is 5.52. The maximum Gasteiger partial charge on any atom is 0.276 e. The second-order valence-corrected chi connectivity index (χ2v) is 9.88. The SMILES string of the molecule is Cc1cc(C(=O)N2C[C@H]3C[C@H]4[C@](C2)(CN(CC(C)C)S4(=O)=O)O3)no1. The number of carbonyl (C=O) groups is 1. The smallest absolute Gasteiger partial charge is 0.276 e. The minimum absolute atomic E-state index is 0.232. The molecule has 1 aromatic heterocycles. The van der Waals surface area contributed by atoms with Crippen LogP contribution in [0.3, 0.4) is 0 Å². The second-order valence-electron chi connectivity index (χ2n) is 7.77. The maximum absolute atomic E-state index is 12.9. The van der Waals surface area contributed by atoms with Crippen LogP contribution in [-0.2, 0) is 14.8 Å². The summed E-state index contributed by atoms with van der Waals surface area (Å²) in [6.45, 7) is 7.18. The van der Waals surface area contributed by atoms with Crippen LogP contribution >= 0.6 is 0 Å².